The van der Waals surface area contributed by atoms with E-state index in [4.69, 9.17) is 21.1 Å². The Kier molecular flexibility index (Phi) is 9.85. The molecule has 0 fully saturated rings. The van der Waals surface area contributed by atoms with E-state index in [1.54, 1.807) is 44.0 Å². The topological polar surface area (TPSA) is 114 Å². The number of hydrogen-bond donors (Lipinski definition) is 2. The maximum Gasteiger partial charge on any atom is 0.251 e. The molecule has 0 radical (unpaired) electrons. The molecule has 11 heteroatoms. The summed E-state index contributed by atoms with van der Waals surface area (Å²) in [5.74, 6) is 2.68. The summed E-state index contributed by atoms with van der Waals surface area (Å²) in [5.41, 5.74) is 1.70. The second-order valence-corrected chi connectivity index (χ2v) is 9.73. The number of aromatic nitrogens is 4. The third-order valence-corrected chi connectivity index (χ3v) is 5.62. The Labute approximate surface area is 222 Å². The van der Waals surface area contributed by atoms with Crippen LogP contribution >= 0.6 is 11.6 Å². The number of carbonyl (C=O) groups excluding carboxylic acids is 1. The Hall–Kier alpha value is -3.66. The van der Waals surface area contributed by atoms with E-state index in [-0.39, 0.29) is 12.5 Å². The van der Waals surface area contributed by atoms with Gasteiger partial charge in [-0.15, -0.1) is 0 Å². The van der Waals surface area contributed by atoms with Crippen LogP contribution in [0.4, 0.5) is 17.6 Å². The van der Waals surface area contributed by atoms with Gasteiger partial charge in [0.05, 0.1) is 42.6 Å². The van der Waals surface area contributed by atoms with E-state index in [1.807, 2.05) is 0 Å². The molecule has 198 valence electrons. The Balaban J connectivity index is 1.64. The van der Waals surface area contributed by atoms with Crippen molar-refractivity contribution in [3.05, 3.63) is 53.1 Å². The van der Waals surface area contributed by atoms with Gasteiger partial charge in [0.1, 0.15) is 12.4 Å². The molecule has 0 saturated carbocycles. The molecule has 3 rings (SSSR count). The maximum atomic E-state index is 12.1. The van der Waals surface area contributed by atoms with Crippen molar-refractivity contribution in [2.45, 2.75) is 34.3 Å². The lowest BCUT2D eigenvalue weighted by Crippen LogP contribution is -2.32. The fraction of sp³-hybridized carbons (Fsp3) is 0.423. The number of ether oxygens (including phenoxy) is 2. The summed E-state index contributed by atoms with van der Waals surface area (Å²) in [6.45, 7) is 10.6. The van der Waals surface area contributed by atoms with Crippen molar-refractivity contribution in [3.63, 3.8) is 0 Å². The van der Waals surface area contributed by atoms with Gasteiger partial charge in [-0.3, -0.25) is 4.79 Å². The van der Waals surface area contributed by atoms with Crippen LogP contribution in [0.5, 0.6) is 11.5 Å². The average Bonchev–Trinajstić information content (AvgIpc) is 2.88. The first-order chi connectivity index (χ1) is 17.7. The standard InChI is InChI=1S/C26H34ClN7O3/c1-16(2)13-34(14-17(3)4)26-31-9-20(10-32-26)33-25-29-11-21(12-30-25)37-15-19-7-18(24(35)28-5)8-22(36-6)23(19)27/h7-12,16-17H,13-15H2,1-6H3,(H,28,35)(H,29,30,33). The SMILES string of the molecule is CNC(=O)c1cc(COc2cnc(Nc3cnc(N(CC(C)C)CC(C)C)nc3)nc2)c(Cl)c(OC)c1. The van der Waals surface area contributed by atoms with E-state index < -0.39 is 0 Å². The van der Waals surface area contributed by atoms with Crippen LogP contribution in [-0.2, 0) is 6.61 Å². The molecule has 2 aromatic heterocycles. The Morgan fingerprint density at radius 1 is 1.00 bits per heavy atom. The second kappa shape index (κ2) is 13.0. The number of anilines is 3. The van der Waals surface area contributed by atoms with Crippen molar-refractivity contribution in [1.29, 1.82) is 0 Å². The van der Waals surface area contributed by atoms with Gasteiger partial charge in [0.25, 0.3) is 5.91 Å². The van der Waals surface area contributed by atoms with Gasteiger partial charge in [0.15, 0.2) is 5.75 Å². The highest BCUT2D eigenvalue weighted by Gasteiger charge is 2.15. The number of benzene rings is 1. The average molecular weight is 528 g/mol. The molecule has 0 unspecified atom stereocenters. The minimum atomic E-state index is -0.250. The molecule has 37 heavy (non-hydrogen) atoms. The molecular weight excluding hydrogens is 494 g/mol. The van der Waals surface area contributed by atoms with Crippen molar-refractivity contribution in [2.75, 3.05) is 37.5 Å². The van der Waals surface area contributed by atoms with Crippen LogP contribution in [0.2, 0.25) is 5.02 Å². The van der Waals surface area contributed by atoms with Gasteiger partial charge < -0.3 is 25.0 Å². The summed E-state index contributed by atoms with van der Waals surface area (Å²) in [4.78, 5) is 31.9. The number of amides is 1. The summed E-state index contributed by atoms with van der Waals surface area (Å²) < 4.78 is 11.1. The molecule has 2 heterocycles. The van der Waals surface area contributed by atoms with Crippen LogP contribution in [0, 0.1) is 11.8 Å². The number of nitrogens with zero attached hydrogens (tertiary/aromatic N) is 5. The molecule has 0 atom stereocenters. The third kappa shape index (κ3) is 7.91. The van der Waals surface area contributed by atoms with Gasteiger partial charge in [-0.1, -0.05) is 39.3 Å². The largest absolute Gasteiger partial charge is 0.495 e. The number of carbonyl (C=O) groups is 1. The van der Waals surface area contributed by atoms with Crippen LogP contribution in [0.3, 0.4) is 0 Å². The minimum absolute atomic E-state index is 0.106. The zero-order valence-electron chi connectivity index (χ0n) is 22.1. The Bertz CT molecular complexity index is 1160. The van der Waals surface area contributed by atoms with E-state index in [0.717, 1.165) is 13.1 Å². The molecule has 0 spiro atoms. The van der Waals surface area contributed by atoms with Gasteiger partial charge in [-0.25, -0.2) is 19.9 Å². The molecule has 1 aromatic carbocycles. The van der Waals surface area contributed by atoms with Crippen molar-refractivity contribution >= 4 is 35.1 Å². The first-order valence-electron chi connectivity index (χ1n) is 12.1. The number of methoxy groups -OCH3 is 1. The van der Waals surface area contributed by atoms with Crippen molar-refractivity contribution in [3.8, 4) is 11.5 Å². The summed E-state index contributed by atoms with van der Waals surface area (Å²) in [5, 5.41) is 6.06. The van der Waals surface area contributed by atoms with Crippen LogP contribution in [-0.4, -0.2) is 53.1 Å². The maximum absolute atomic E-state index is 12.1. The summed E-state index contributed by atoms with van der Waals surface area (Å²) >= 11 is 6.40. The van der Waals surface area contributed by atoms with Crippen LogP contribution < -0.4 is 25.0 Å². The summed E-state index contributed by atoms with van der Waals surface area (Å²) in [6.07, 6.45) is 6.54. The molecule has 2 N–H and O–H groups in total. The molecular formula is C26H34ClN7O3. The molecule has 0 bridgehead atoms. The highest BCUT2D eigenvalue weighted by atomic mass is 35.5. The zero-order valence-corrected chi connectivity index (χ0v) is 22.8. The molecule has 0 aliphatic heterocycles. The summed E-state index contributed by atoms with van der Waals surface area (Å²) in [6, 6.07) is 3.24. The monoisotopic (exact) mass is 527 g/mol. The lowest BCUT2D eigenvalue weighted by atomic mass is 10.1. The number of halogens is 1. The first kappa shape index (κ1) is 27.9. The first-order valence-corrected chi connectivity index (χ1v) is 12.4. The third-order valence-electron chi connectivity index (χ3n) is 5.19. The molecule has 1 amide bonds. The van der Waals surface area contributed by atoms with Crippen LogP contribution in [0.15, 0.2) is 36.9 Å². The van der Waals surface area contributed by atoms with Gasteiger partial charge in [0.2, 0.25) is 11.9 Å². The predicted octanol–water partition coefficient (Wildman–Crippen LogP) is 4.73. The van der Waals surface area contributed by atoms with E-state index in [2.05, 4.69) is 63.2 Å². The van der Waals surface area contributed by atoms with E-state index >= 15 is 0 Å². The van der Waals surface area contributed by atoms with Crippen LogP contribution in [0.25, 0.3) is 0 Å². The minimum Gasteiger partial charge on any atom is -0.495 e. The lowest BCUT2D eigenvalue weighted by Gasteiger charge is -2.26. The quantitative estimate of drug-likeness (QED) is 0.345. The van der Waals surface area contributed by atoms with Gasteiger partial charge in [-0.05, 0) is 24.0 Å². The molecule has 0 aliphatic carbocycles. The lowest BCUT2D eigenvalue weighted by molar-refractivity contribution is 0.0962. The zero-order chi connectivity index (χ0) is 26.9. The predicted molar refractivity (Wildman–Crippen MR) is 145 cm³/mol. The normalized spacial score (nSPS) is 10.9. The second-order valence-electron chi connectivity index (χ2n) is 9.35. The number of hydrogen-bond acceptors (Lipinski definition) is 9. The van der Waals surface area contributed by atoms with Gasteiger partial charge in [-0.2, -0.15) is 0 Å². The molecule has 3 aromatic rings. The Morgan fingerprint density at radius 2 is 1.62 bits per heavy atom. The van der Waals surface area contributed by atoms with Gasteiger partial charge >= 0.3 is 0 Å². The van der Waals surface area contributed by atoms with E-state index in [9.17, 15) is 4.79 Å². The fourth-order valence-corrected chi connectivity index (χ4v) is 3.84. The van der Waals surface area contributed by atoms with Crippen molar-refractivity contribution in [2.24, 2.45) is 11.8 Å². The number of nitrogens with one attached hydrogen (secondary N) is 2. The van der Waals surface area contributed by atoms with E-state index in [1.165, 1.54) is 7.11 Å². The Morgan fingerprint density at radius 3 is 2.16 bits per heavy atom. The molecule has 10 nitrogen and oxygen atoms in total. The molecule has 0 saturated heterocycles. The fourth-order valence-electron chi connectivity index (χ4n) is 3.60. The van der Waals surface area contributed by atoms with Crippen molar-refractivity contribution < 1.29 is 14.3 Å². The van der Waals surface area contributed by atoms with Gasteiger partial charge in [0, 0.05) is 31.3 Å². The highest BCUT2D eigenvalue weighted by Crippen LogP contribution is 2.31. The summed E-state index contributed by atoms with van der Waals surface area (Å²) in [7, 11) is 3.05. The smallest absolute Gasteiger partial charge is 0.251 e. The molecule has 0 aliphatic rings. The highest BCUT2D eigenvalue weighted by molar-refractivity contribution is 6.33. The van der Waals surface area contributed by atoms with Crippen LogP contribution in [0.1, 0.15) is 43.6 Å². The number of rotatable bonds is 12. The van der Waals surface area contributed by atoms with E-state index in [0.29, 0.717) is 57.1 Å². The van der Waals surface area contributed by atoms with Crippen molar-refractivity contribution in [1.82, 2.24) is 25.3 Å².